The van der Waals surface area contributed by atoms with Gasteiger partial charge in [0, 0.05) is 12.6 Å². The van der Waals surface area contributed by atoms with Gasteiger partial charge in [0.05, 0.1) is 11.0 Å². The molecule has 1 atom stereocenters. The third-order valence-electron chi connectivity index (χ3n) is 4.25. The van der Waals surface area contributed by atoms with E-state index >= 15 is 0 Å². The summed E-state index contributed by atoms with van der Waals surface area (Å²) < 4.78 is 27.6. The van der Waals surface area contributed by atoms with Crippen LogP contribution in [0.1, 0.15) is 18.4 Å². The zero-order valence-electron chi connectivity index (χ0n) is 15.3. The zero-order chi connectivity index (χ0) is 20.6. The van der Waals surface area contributed by atoms with Crippen molar-refractivity contribution in [1.29, 1.82) is 0 Å². The summed E-state index contributed by atoms with van der Waals surface area (Å²) in [6.45, 7) is 3.67. The van der Waals surface area contributed by atoms with Crippen molar-refractivity contribution in [2.45, 2.75) is 30.2 Å². The highest BCUT2D eigenvalue weighted by Gasteiger charge is 2.35. The lowest BCUT2D eigenvalue weighted by Gasteiger charge is -2.27. The molecule has 0 aliphatic heterocycles. The molecule has 0 spiro atoms. The van der Waals surface area contributed by atoms with Crippen LogP contribution in [0.25, 0.3) is 0 Å². The average molecular weight is 402 g/mol. The summed E-state index contributed by atoms with van der Waals surface area (Å²) >= 11 is 0. The van der Waals surface area contributed by atoms with E-state index < -0.39 is 31.6 Å². The molecule has 0 saturated heterocycles. The Labute approximate surface area is 164 Å². The van der Waals surface area contributed by atoms with Gasteiger partial charge in [-0.3, -0.25) is 10.1 Å². The lowest BCUT2D eigenvalue weighted by atomic mass is 10.1. The van der Waals surface area contributed by atoms with Gasteiger partial charge >= 0.3 is 0 Å². The second-order valence-corrected chi connectivity index (χ2v) is 8.02. The van der Waals surface area contributed by atoms with E-state index in [4.69, 9.17) is 0 Å². The Morgan fingerprint density at radius 3 is 2.36 bits per heavy atom. The van der Waals surface area contributed by atoms with Crippen LogP contribution in [-0.2, 0) is 21.2 Å². The Morgan fingerprint density at radius 2 is 1.75 bits per heavy atom. The summed E-state index contributed by atoms with van der Waals surface area (Å²) in [6, 6.07) is 13.2. The number of nitro benzene ring substituents is 1. The maximum Gasteiger partial charge on any atom is 0.289 e. The van der Waals surface area contributed by atoms with Crippen LogP contribution in [0.4, 0.5) is 5.69 Å². The number of hydrogen-bond donors (Lipinski definition) is 0. The maximum atomic E-state index is 13.3. The van der Waals surface area contributed by atoms with Gasteiger partial charge in [0.25, 0.3) is 15.7 Å². The van der Waals surface area contributed by atoms with E-state index in [2.05, 4.69) is 6.58 Å². The largest absolute Gasteiger partial charge is 0.302 e. The van der Waals surface area contributed by atoms with Gasteiger partial charge in [0.15, 0.2) is 4.90 Å². The lowest BCUT2D eigenvalue weighted by molar-refractivity contribution is -0.387. The molecule has 2 rings (SSSR count). The number of unbranched alkanes of at least 4 members (excludes halogenated alkanes) is 1. The number of hydrogen-bond acceptors (Lipinski definition) is 5. The molecule has 2 aromatic carbocycles. The molecule has 0 aliphatic carbocycles. The summed E-state index contributed by atoms with van der Waals surface area (Å²) in [4.78, 5) is 22.0. The Morgan fingerprint density at radius 1 is 1.11 bits per heavy atom. The molecule has 0 N–H and O–H groups in total. The molecular formula is C20H22N2O5S. The second kappa shape index (κ2) is 9.91. The standard InChI is InChI=1S/C20H22N2O5S/c1-2-3-9-14-21(18(16-23)15-17-10-5-4-6-11-17)28(26,27)20-13-8-7-12-19(20)22(24)25/h2,4-8,10-13,16,18H,1,3,9,14-15H2/t18-/m0/s1. The van der Waals surface area contributed by atoms with Crippen LogP contribution in [0, 0.1) is 10.1 Å². The molecule has 2 aromatic rings. The Balaban J connectivity index is 2.47. The van der Waals surface area contributed by atoms with Crippen LogP contribution in [-0.4, -0.2) is 36.5 Å². The molecule has 7 nitrogen and oxygen atoms in total. The van der Waals surface area contributed by atoms with Crippen molar-refractivity contribution >= 4 is 22.0 Å². The fourth-order valence-corrected chi connectivity index (χ4v) is 4.64. The summed E-state index contributed by atoms with van der Waals surface area (Å²) in [7, 11) is -4.26. The van der Waals surface area contributed by atoms with Crippen molar-refractivity contribution in [1.82, 2.24) is 4.31 Å². The SMILES string of the molecule is C=CCCCN([C@H](C=O)Cc1ccccc1)S(=O)(=O)c1ccccc1[N+](=O)[O-]. The Kier molecular flexibility index (Phi) is 7.60. The first-order valence-electron chi connectivity index (χ1n) is 8.77. The number of sulfonamides is 1. The zero-order valence-corrected chi connectivity index (χ0v) is 16.1. The number of rotatable bonds is 11. The molecule has 148 valence electrons. The van der Waals surface area contributed by atoms with E-state index in [1.807, 2.05) is 6.07 Å². The van der Waals surface area contributed by atoms with Crippen LogP contribution in [0.3, 0.4) is 0 Å². The fraction of sp³-hybridized carbons (Fsp3) is 0.250. The van der Waals surface area contributed by atoms with E-state index in [1.165, 1.54) is 18.2 Å². The fourth-order valence-electron chi connectivity index (χ4n) is 2.88. The minimum absolute atomic E-state index is 0.0522. The highest BCUT2D eigenvalue weighted by molar-refractivity contribution is 7.89. The van der Waals surface area contributed by atoms with Crippen LogP contribution < -0.4 is 0 Å². The maximum absolute atomic E-state index is 13.3. The van der Waals surface area contributed by atoms with E-state index in [1.54, 1.807) is 30.3 Å². The molecule has 0 amide bonds. The van der Waals surface area contributed by atoms with Crippen LogP contribution in [0.2, 0.25) is 0 Å². The molecule has 0 saturated carbocycles. The van der Waals surface area contributed by atoms with E-state index in [0.717, 1.165) is 15.9 Å². The topological polar surface area (TPSA) is 97.6 Å². The Hall–Kier alpha value is -2.84. The lowest BCUT2D eigenvalue weighted by Crippen LogP contribution is -2.43. The Bertz CT molecular complexity index is 929. The third kappa shape index (κ3) is 5.11. The summed E-state index contributed by atoms with van der Waals surface area (Å²) in [6.07, 6.45) is 3.41. The van der Waals surface area contributed by atoms with Crippen molar-refractivity contribution in [3.63, 3.8) is 0 Å². The summed E-state index contributed by atoms with van der Waals surface area (Å²) in [5.41, 5.74) is 0.284. The van der Waals surface area contributed by atoms with Crippen molar-refractivity contribution in [3.8, 4) is 0 Å². The molecule has 0 radical (unpaired) electrons. The molecule has 28 heavy (non-hydrogen) atoms. The van der Waals surface area contributed by atoms with Crippen molar-refractivity contribution < 1.29 is 18.1 Å². The number of benzene rings is 2. The average Bonchev–Trinajstić information content (AvgIpc) is 2.70. The third-order valence-corrected chi connectivity index (χ3v) is 6.22. The second-order valence-electron chi connectivity index (χ2n) is 6.16. The van der Waals surface area contributed by atoms with Crippen molar-refractivity contribution in [2.75, 3.05) is 6.54 Å². The quantitative estimate of drug-likeness (QED) is 0.189. The first-order valence-corrected chi connectivity index (χ1v) is 10.2. The molecular weight excluding hydrogens is 380 g/mol. The van der Waals surface area contributed by atoms with Gasteiger partial charge in [-0.15, -0.1) is 6.58 Å². The molecule has 0 unspecified atom stereocenters. The summed E-state index contributed by atoms with van der Waals surface area (Å²) in [5, 5.41) is 11.3. The highest BCUT2D eigenvalue weighted by Crippen LogP contribution is 2.28. The molecule has 0 aromatic heterocycles. The van der Waals surface area contributed by atoms with Gasteiger partial charge in [0.1, 0.15) is 6.29 Å². The van der Waals surface area contributed by atoms with E-state index in [0.29, 0.717) is 19.1 Å². The predicted molar refractivity (Wildman–Crippen MR) is 106 cm³/mol. The van der Waals surface area contributed by atoms with Crippen molar-refractivity contribution in [2.24, 2.45) is 0 Å². The van der Waals surface area contributed by atoms with Gasteiger partial charge in [-0.2, -0.15) is 4.31 Å². The summed E-state index contributed by atoms with van der Waals surface area (Å²) in [5.74, 6) is 0. The first kappa shape index (κ1) is 21.5. The monoisotopic (exact) mass is 402 g/mol. The normalized spacial score (nSPS) is 12.5. The van der Waals surface area contributed by atoms with Crippen molar-refractivity contribution in [3.05, 3.63) is 82.9 Å². The number of nitrogens with zero attached hydrogens (tertiary/aromatic N) is 2. The van der Waals surface area contributed by atoms with Crippen LogP contribution >= 0.6 is 0 Å². The van der Waals surface area contributed by atoms with Gasteiger partial charge in [0.2, 0.25) is 0 Å². The molecule has 0 bridgehead atoms. The number of carbonyl (C=O) groups is 1. The number of carbonyl (C=O) groups excluding carboxylic acids is 1. The number of aldehydes is 1. The molecule has 0 fully saturated rings. The molecule has 8 heteroatoms. The van der Waals surface area contributed by atoms with E-state index in [-0.39, 0.29) is 13.0 Å². The molecule has 0 heterocycles. The molecule has 0 aliphatic rings. The number of nitro groups is 1. The van der Waals surface area contributed by atoms with Gasteiger partial charge in [-0.05, 0) is 30.9 Å². The smallest absolute Gasteiger partial charge is 0.289 e. The van der Waals surface area contributed by atoms with Crippen LogP contribution in [0.15, 0.2) is 72.1 Å². The highest BCUT2D eigenvalue weighted by atomic mass is 32.2. The number of para-hydroxylation sites is 1. The van der Waals surface area contributed by atoms with Crippen LogP contribution in [0.5, 0.6) is 0 Å². The minimum atomic E-state index is -4.26. The van der Waals surface area contributed by atoms with Gasteiger partial charge in [-0.25, -0.2) is 8.42 Å². The van der Waals surface area contributed by atoms with Gasteiger partial charge in [-0.1, -0.05) is 48.5 Å². The number of allylic oxidation sites excluding steroid dienone is 1. The first-order chi connectivity index (χ1) is 13.4. The van der Waals surface area contributed by atoms with Gasteiger partial charge < -0.3 is 4.79 Å². The van der Waals surface area contributed by atoms with E-state index in [9.17, 15) is 23.3 Å². The minimum Gasteiger partial charge on any atom is -0.302 e. The predicted octanol–water partition coefficient (Wildman–Crippen LogP) is 3.36.